The molecule has 1 amide bonds. The van der Waals surface area contributed by atoms with Crippen LogP contribution in [0.2, 0.25) is 0 Å². The van der Waals surface area contributed by atoms with E-state index < -0.39 is 0 Å². The molecule has 23 heavy (non-hydrogen) atoms. The zero-order valence-corrected chi connectivity index (χ0v) is 13.1. The Hall–Kier alpha value is -2.63. The van der Waals surface area contributed by atoms with Crippen LogP contribution in [0.25, 0.3) is 11.0 Å². The summed E-state index contributed by atoms with van der Waals surface area (Å²) in [5, 5.41) is 4.09. The average molecular weight is 309 g/mol. The topological polar surface area (TPSA) is 66.8 Å². The SMILES string of the molecule is Cn1nccc1C(=O)N1CCC[C@@H](c2cc3ncccc3[nH]2)C1. The van der Waals surface area contributed by atoms with Crippen LogP contribution in [0.4, 0.5) is 0 Å². The molecule has 3 aromatic rings. The number of hydrogen-bond donors (Lipinski definition) is 1. The molecule has 1 aliphatic rings. The van der Waals surface area contributed by atoms with Crippen molar-refractivity contribution in [3.8, 4) is 0 Å². The van der Waals surface area contributed by atoms with Gasteiger partial charge in [-0.1, -0.05) is 0 Å². The Morgan fingerprint density at radius 1 is 1.35 bits per heavy atom. The van der Waals surface area contributed by atoms with E-state index in [1.807, 2.05) is 17.0 Å². The minimum atomic E-state index is 0.0592. The Balaban J connectivity index is 1.57. The molecule has 6 heteroatoms. The van der Waals surface area contributed by atoms with Gasteiger partial charge in [0.2, 0.25) is 0 Å². The molecule has 0 saturated carbocycles. The molecule has 1 N–H and O–H groups in total. The first-order chi connectivity index (χ1) is 11.2. The molecule has 118 valence electrons. The van der Waals surface area contributed by atoms with Crippen molar-refractivity contribution in [2.75, 3.05) is 13.1 Å². The highest BCUT2D eigenvalue weighted by atomic mass is 16.2. The fourth-order valence-electron chi connectivity index (χ4n) is 3.36. The number of H-pyrrole nitrogens is 1. The second-order valence-electron chi connectivity index (χ2n) is 6.09. The number of carbonyl (C=O) groups excluding carboxylic acids is 1. The number of aromatic amines is 1. The zero-order chi connectivity index (χ0) is 15.8. The van der Waals surface area contributed by atoms with E-state index in [4.69, 9.17) is 0 Å². The van der Waals surface area contributed by atoms with Crippen molar-refractivity contribution < 1.29 is 4.79 Å². The van der Waals surface area contributed by atoms with Crippen LogP contribution in [-0.2, 0) is 7.05 Å². The molecule has 3 aromatic heterocycles. The van der Waals surface area contributed by atoms with Gasteiger partial charge in [0.1, 0.15) is 5.69 Å². The fraction of sp³-hybridized carbons (Fsp3) is 0.353. The molecule has 1 atom stereocenters. The number of likely N-dealkylation sites (tertiary alicyclic amines) is 1. The lowest BCUT2D eigenvalue weighted by molar-refractivity contribution is 0.0695. The third kappa shape index (κ3) is 2.50. The summed E-state index contributed by atoms with van der Waals surface area (Å²) in [7, 11) is 1.80. The first-order valence-electron chi connectivity index (χ1n) is 7.93. The van der Waals surface area contributed by atoms with E-state index in [0.717, 1.165) is 37.0 Å². The molecule has 4 heterocycles. The van der Waals surface area contributed by atoms with Gasteiger partial charge >= 0.3 is 0 Å². The number of rotatable bonds is 2. The van der Waals surface area contributed by atoms with Gasteiger partial charge in [0, 0.05) is 44.1 Å². The molecule has 0 aromatic carbocycles. The highest BCUT2D eigenvalue weighted by Crippen LogP contribution is 2.29. The maximum atomic E-state index is 12.7. The molecule has 1 aliphatic heterocycles. The summed E-state index contributed by atoms with van der Waals surface area (Å²) in [6.45, 7) is 1.54. The maximum absolute atomic E-state index is 12.7. The van der Waals surface area contributed by atoms with E-state index in [1.54, 1.807) is 30.2 Å². The summed E-state index contributed by atoms with van der Waals surface area (Å²) < 4.78 is 1.64. The highest BCUT2D eigenvalue weighted by molar-refractivity contribution is 5.92. The molecule has 4 rings (SSSR count). The zero-order valence-electron chi connectivity index (χ0n) is 13.1. The molecule has 0 unspecified atom stereocenters. The number of amides is 1. The lowest BCUT2D eigenvalue weighted by Gasteiger charge is -2.32. The van der Waals surface area contributed by atoms with Crippen LogP contribution < -0.4 is 0 Å². The number of aromatic nitrogens is 4. The minimum Gasteiger partial charge on any atom is -0.357 e. The number of piperidine rings is 1. The maximum Gasteiger partial charge on any atom is 0.272 e. The Bertz CT molecular complexity index is 816. The van der Waals surface area contributed by atoms with E-state index in [1.165, 1.54) is 5.69 Å². The van der Waals surface area contributed by atoms with E-state index in [2.05, 4.69) is 21.1 Å². The molecule has 0 spiro atoms. The van der Waals surface area contributed by atoms with Gasteiger partial charge in [-0.2, -0.15) is 5.10 Å². The Kier molecular flexibility index (Phi) is 3.37. The summed E-state index contributed by atoms with van der Waals surface area (Å²) in [6, 6.07) is 7.85. The number of nitrogens with one attached hydrogen (secondary N) is 1. The largest absolute Gasteiger partial charge is 0.357 e. The van der Waals surface area contributed by atoms with Crippen molar-refractivity contribution in [1.82, 2.24) is 24.6 Å². The molecule has 6 nitrogen and oxygen atoms in total. The summed E-state index contributed by atoms with van der Waals surface area (Å²) in [6.07, 6.45) is 5.57. The van der Waals surface area contributed by atoms with Crippen LogP contribution in [-0.4, -0.2) is 43.6 Å². The van der Waals surface area contributed by atoms with Crippen LogP contribution in [0.5, 0.6) is 0 Å². The van der Waals surface area contributed by atoms with Gasteiger partial charge in [0.15, 0.2) is 0 Å². The third-order valence-electron chi connectivity index (χ3n) is 4.60. The van der Waals surface area contributed by atoms with Crippen LogP contribution >= 0.6 is 0 Å². The minimum absolute atomic E-state index is 0.0592. The summed E-state index contributed by atoms with van der Waals surface area (Å²) in [5.74, 6) is 0.388. The monoisotopic (exact) mass is 309 g/mol. The lowest BCUT2D eigenvalue weighted by atomic mass is 9.94. The molecular formula is C17H19N5O. The van der Waals surface area contributed by atoms with Gasteiger partial charge in [0.05, 0.1) is 11.0 Å². The number of nitrogens with zero attached hydrogens (tertiary/aromatic N) is 4. The van der Waals surface area contributed by atoms with E-state index in [9.17, 15) is 4.79 Å². The van der Waals surface area contributed by atoms with Gasteiger partial charge in [-0.25, -0.2) is 0 Å². The van der Waals surface area contributed by atoms with Gasteiger partial charge in [-0.3, -0.25) is 14.5 Å². The molecule has 1 fully saturated rings. The third-order valence-corrected chi connectivity index (χ3v) is 4.60. The van der Waals surface area contributed by atoms with E-state index in [0.29, 0.717) is 11.6 Å². The van der Waals surface area contributed by atoms with Crippen molar-refractivity contribution in [2.24, 2.45) is 7.05 Å². The van der Waals surface area contributed by atoms with E-state index >= 15 is 0 Å². The van der Waals surface area contributed by atoms with Gasteiger partial charge < -0.3 is 9.88 Å². The predicted molar refractivity (Wildman–Crippen MR) is 87.2 cm³/mol. The van der Waals surface area contributed by atoms with Gasteiger partial charge in [0.25, 0.3) is 5.91 Å². The molecular weight excluding hydrogens is 290 g/mol. The van der Waals surface area contributed by atoms with Crippen molar-refractivity contribution >= 4 is 16.9 Å². The van der Waals surface area contributed by atoms with Crippen LogP contribution in [0, 0.1) is 0 Å². The molecule has 0 radical (unpaired) electrons. The van der Waals surface area contributed by atoms with Crippen molar-refractivity contribution in [2.45, 2.75) is 18.8 Å². The number of aryl methyl sites for hydroxylation is 1. The first-order valence-corrected chi connectivity index (χ1v) is 7.93. The van der Waals surface area contributed by atoms with Crippen molar-refractivity contribution in [3.63, 3.8) is 0 Å². The lowest BCUT2D eigenvalue weighted by Crippen LogP contribution is -2.40. The second kappa shape index (κ2) is 5.53. The normalized spacial score (nSPS) is 18.5. The summed E-state index contributed by atoms with van der Waals surface area (Å²) in [4.78, 5) is 22.4. The van der Waals surface area contributed by atoms with Crippen molar-refractivity contribution in [3.05, 3.63) is 48.0 Å². The quantitative estimate of drug-likeness (QED) is 0.790. The number of fused-ring (bicyclic) bond motifs is 1. The molecule has 0 bridgehead atoms. The van der Waals surface area contributed by atoms with Crippen LogP contribution in [0.3, 0.4) is 0 Å². The smallest absolute Gasteiger partial charge is 0.272 e. The Morgan fingerprint density at radius 2 is 2.26 bits per heavy atom. The number of hydrogen-bond acceptors (Lipinski definition) is 3. The summed E-state index contributed by atoms with van der Waals surface area (Å²) in [5.41, 5.74) is 3.85. The fourth-order valence-corrected chi connectivity index (χ4v) is 3.36. The Labute approximate surface area is 134 Å². The van der Waals surface area contributed by atoms with Gasteiger partial charge in [-0.05, 0) is 37.1 Å². The van der Waals surface area contributed by atoms with Crippen molar-refractivity contribution in [1.29, 1.82) is 0 Å². The second-order valence-corrected chi connectivity index (χ2v) is 6.09. The van der Waals surface area contributed by atoms with Crippen LogP contribution in [0.1, 0.15) is 34.9 Å². The highest BCUT2D eigenvalue weighted by Gasteiger charge is 2.27. The number of carbonyl (C=O) groups is 1. The van der Waals surface area contributed by atoms with Crippen LogP contribution in [0.15, 0.2) is 36.7 Å². The predicted octanol–water partition coefficient (Wildman–Crippen LogP) is 2.32. The first kappa shape index (κ1) is 14.0. The van der Waals surface area contributed by atoms with Gasteiger partial charge in [-0.15, -0.1) is 0 Å². The summed E-state index contributed by atoms with van der Waals surface area (Å²) >= 11 is 0. The van der Waals surface area contributed by atoms with E-state index in [-0.39, 0.29) is 5.91 Å². The average Bonchev–Trinajstić information content (AvgIpc) is 3.20. The molecule has 1 saturated heterocycles. The number of pyridine rings is 1. The standard InChI is InChI=1S/C17H19N5O/c1-21-16(6-8-19-21)17(23)22-9-3-4-12(11-22)14-10-15-13(20-14)5-2-7-18-15/h2,5-8,10,12,20H,3-4,9,11H2,1H3/t12-/m1/s1. The molecule has 0 aliphatic carbocycles. The Morgan fingerprint density at radius 3 is 3.04 bits per heavy atom.